The van der Waals surface area contributed by atoms with Gasteiger partial charge < -0.3 is 26.0 Å². The topological polar surface area (TPSA) is 145 Å². The van der Waals surface area contributed by atoms with Gasteiger partial charge in [0.2, 0.25) is 0 Å². The maximum absolute atomic E-state index is 12.6. The van der Waals surface area contributed by atoms with Crippen LogP contribution in [-0.4, -0.2) is 80.0 Å². The van der Waals surface area contributed by atoms with Crippen molar-refractivity contribution >= 4 is 29.0 Å². The van der Waals surface area contributed by atoms with E-state index < -0.39 is 12.2 Å². The van der Waals surface area contributed by atoms with E-state index in [2.05, 4.69) is 31.5 Å². The van der Waals surface area contributed by atoms with E-state index in [1.165, 1.54) is 0 Å². The fraction of sp³-hybridized carbons (Fsp3) is 0.500. The molecule has 4 rings (SSSR count). The molecule has 3 heterocycles. The second kappa shape index (κ2) is 9.86. The summed E-state index contributed by atoms with van der Waals surface area (Å²) in [5, 5.41) is 13.9. The number of primary amides is 1. The van der Waals surface area contributed by atoms with Crippen LogP contribution in [0.15, 0.2) is 34.4 Å². The van der Waals surface area contributed by atoms with E-state index in [9.17, 15) is 9.59 Å². The number of amides is 2. The lowest BCUT2D eigenvalue weighted by molar-refractivity contribution is -0.111. The highest BCUT2D eigenvalue weighted by molar-refractivity contribution is 6.68. The van der Waals surface area contributed by atoms with Gasteiger partial charge in [-0.1, -0.05) is 0 Å². The molecule has 3 aliphatic heterocycles. The number of nitrogens with one attached hydrogen (secondary N) is 4. The first-order chi connectivity index (χ1) is 15.1. The molecule has 11 nitrogen and oxygen atoms in total. The van der Waals surface area contributed by atoms with Gasteiger partial charge in [0, 0.05) is 36.9 Å². The SMILES string of the molecule is NC(=O)C1=NNC(N[C@@H]2CCCNC2)N=C1Nc1ccc(C(=O)N2CCOCC2)cc1. The molecule has 2 fully saturated rings. The Bertz CT molecular complexity index is 858. The van der Waals surface area contributed by atoms with Crippen LogP contribution in [0.5, 0.6) is 0 Å². The van der Waals surface area contributed by atoms with Crippen molar-refractivity contribution in [2.75, 3.05) is 44.7 Å². The van der Waals surface area contributed by atoms with E-state index in [0.29, 0.717) is 37.6 Å². The van der Waals surface area contributed by atoms with E-state index in [-0.39, 0.29) is 23.5 Å². The van der Waals surface area contributed by atoms with Crippen molar-refractivity contribution in [1.29, 1.82) is 0 Å². The van der Waals surface area contributed by atoms with Gasteiger partial charge in [0.1, 0.15) is 0 Å². The van der Waals surface area contributed by atoms with Crippen molar-refractivity contribution in [2.24, 2.45) is 15.8 Å². The minimum Gasteiger partial charge on any atom is -0.378 e. The van der Waals surface area contributed by atoms with Crippen LogP contribution in [0.1, 0.15) is 23.2 Å². The minimum atomic E-state index is -0.685. The van der Waals surface area contributed by atoms with Gasteiger partial charge in [-0.15, -0.1) is 0 Å². The van der Waals surface area contributed by atoms with Crippen LogP contribution >= 0.6 is 0 Å². The van der Waals surface area contributed by atoms with Gasteiger partial charge >= 0.3 is 0 Å². The molecule has 31 heavy (non-hydrogen) atoms. The summed E-state index contributed by atoms with van der Waals surface area (Å²) in [4.78, 5) is 30.7. The number of hydrogen-bond donors (Lipinski definition) is 5. The van der Waals surface area contributed by atoms with Crippen molar-refractivity contribution in [2.45, 2.75) is 25.2 Å². The molecule has 0 aromatic heterocycles. The first-order valence-corrected chi connectivity index (χ1v) is 10.5. The Morgan fingerprint density at radius 1 is 1.19 bits per heavy atom. The maximum Gasteiger partial charge on any atom is 0.272 e. The molecule has 1 unspecified atom stereocenters. The van der Waals surface area contributed by atoms with Crippen LogP contribution in [-0.2, 0) is 9.53 Å². The number of hydrazone groups is 1. The predicted molar refractivity (Wildman–Crippen MR) is 117 cm³/mol. The summed E-state index contributed by atoms with van der Waals surface area (Å²) in [5.74, 6) is -0.436. The Labute approximate surface area is 180 Å². The molecule has 0 bridgehead atoms. The molecule has 2 amide bonds. The number of carbonyl (C=O) groups excluding carboxylic acids is 2. The Balaban J connectivity index is 1.43. The molecule has 1 aromatic carbocycles. The summed E-state index contributed by atoms with van der Waals surface area (Å²) in [6.07, 6.45) is 1.65. The minimum absolute atomic E-state index is 0.0216. The average Bonchev–Trinajstić information content (AvgIpc) is 2.80. The van der Waals surface area contributed by atoms with E-state index in [1.807, 2.05) is 0 Å². The molecular formula is C20H28N8O3. The molecule has 1 aromatic rings. The summed E-state index contributed by atoms with van der Waals surface area (Å²) in [6, 6.07) is 7.28. The second-order valence-electron chi connectivity index (χ2n) is 7.65. The number of ether oxygens (including phenoxy) is 1. The zero-order valence-corrected chi connectivity index (χ0v) is 17.3. The van der Waals surface area contributed by atoms with Gasteiger partial charge in [-0.2, -0.15) is 5.10 Å². The van der Waals surface area contributed by atoms with Crippen molar-refractivity contribution in [3.05, 3.63) is 29.8 Å². The van der Waals surface area contributed by atoms with E-state index in [1.54, 1.807) is 29.2 Å². The molecule has 166 valence electrons. The number of morpholine rings is 1. The quantitative estimate of drug-likeness (QED) is 0.406. The van der Waals surface area contributed by atoms with Crippen molar-refractivity contribution in [3.63, 3.8) is 0 Å². The van der Waals surface area contributed by atoms with Crippen LogP contribution < -0.4 is 27.1 Å². The number of nitrogens with two attached hydrogens (primary N) is 1. The molecule has 6 N–H and O–H groups in total. The fourth-order valence-corrected chi connectivity index (χ4v) is 3.73. The highest BCUT2D eigenvalue weighted by Gasteiger charge is 2.25. The van der Waals surface area contributed by atoms with Crippen molar-refractivity contribution in [3.8, 4) is 0 Å². The smallest absolute Gasteiger partial charge is 0.272 e. The molecule has 0 aliphatic carbocycles. The number of anilines is 1. The number of amidine groups is 1. The zero-order chi connectivity index (χ0) is 21.6. The number of aliphatic imine (C=N–C) groups is 1. The first kappa shape index (κ1) is 21.2. The van der Waals surface area contributed by atoms with E-state index in [0.717, 1.165) is 25.9 Å². The number of benzene rings is 1. The molecular weight excluding hydrogens is 400 g/mol. The van der Waals surface area contributed by atoms with Crippen LogP contribution in [0, 0.1) is 0 Å². The van der Waals surface area contributed by atoms with Crippen LogP contribution in [0.25, 0.3) is 0 Å². The number of piperidine rings is 1. The largest absolute Gasteiger partial charge is 0.378 e. The Morgan fingerprint density at radius 2 is 1.97 bits per heavy atom. The van der Waals surface area contributed by atoms with Gasteiger partial charge in [-0.25, -0.2) is 4.99 Å². The molecule has 0 saturated carbocycles. The lowest BCUT2D eigenvalue weighted by atomic mass is 10.1. The number of carbonyl (C=O) groups is 2. The number of hydrogen-bond acceptors (Lipinski definition) is 9. The lowest BCUT2D eigenvalue weighted by Gasteiger charge is -2.29. The normalized spacial score (nSPS) is 23.9. The van der Waals surface area contributed by atoms with Crippen LogP contribution in [0.2, 0.25) is 0 Å². The highest BCUT2D eigenvalue weighted by atomic mass is 16.5. The van der Waals surface area contributed by atoms with Gasteiger partial charge in [-0.3, -0.25) is 20.3 Å². The van der Waals surface area contributed by atoms with Gasteiger partial charge in [-0.05, 0) is 43.7 Å². The predicted octanol–water partition coefficient (Wildman–Crippen LogP) is -0.961. The third-order valence-corrected chi connectivity index (χ3v) is 5.40. The first-order valence-electron chi connectivity index (χ1n) is 10.5. The van der Waals surface area contributed by atoms with Crippen LogP contribution in [0.3, 0.4) is 0 Å². The standard InChI is InChI=1S/C20H28N8O3/c21-17(29)16-18(25-20(27-26-16)24-15-2-1-7-22-12-15)23-14-5-3-13(4-6-14)19(30)28-8-10-31-11-9-28/h3-6,15,20,22,24,27H,1-2,7-12H2,(H2,21,29)(H,23,25)/t15-,20?/m1/s1. The third-order valence-electron chi connectivity index (χ3n) is 5.40. The van der Waals surface area contributed by atoms with Gasteiger partial charge in [0.15, 0.2) is 17.8 Å². The summed E-state index contributed by atoms with van der Waals surface area (Å²) in [7, 11) is 0. The second-order valence-corrected chi connectivity index (χ2v) is 7.65. The lowest BCUT2D eigenvalue weighted by Crippen LogP contribution is -2.54. The Hall–Kier alpha value is -3.02. The van der Waals surface area contributed by atoms with E-state index >= 15 is 0 Å². The third kappa shape index (κ3) is 5.37. The highest BCUT2D eigenvalue weighted by Crippen LogP contribution is 2.14. The Morgan fingerprint density at radius 3 is 2.65 bits per heavy atom. The molecule has 0 spiro atoms. The summed E-state index contributed by atoms with van der Waals surface area (Å²) in [5.41, 5.74) is 9.58. The maximum atomic E-state index is 12.6. The molecule has 11 heteroatoms. The fourth-order valence-electron chi connectivity index (χ4n) is 3.73. The van der Waals surface area contributed by atoms with Crippen molar-refractivity contribution < 1.29 is 14.3 Å². The molecule has 2 atom stereocenters. The van der Waals surface area contributed by atoms with E-state index in [4.69, 9.17) is 10.5 Å². The summed E-state index contributed by atoms with van der Waals surface area (Å²) >= 11 is 0. The number of nitrogens with zero attached hydrogens (tertiary/aromatic N) is 3. The molecule has 3 aliphatic rings. The average molecular weight is 428 g/mol. The zero-order valence-electron chi connectivity index (χ0n) is 17.3. The van der Waals surface area contributed by atoms with Crippen LogP contribution in [0.4, 0.5) is 5.69 Å². The van der Waals surface area contributed by atoms with Gasteiger partial charge in [0.25, 0.3) is 11.8 Å². The monoisotopic (exact) mass is 428 g/mol. The Kier molecular flexibility index (Phi) is 6.75. The summed E-state index contributed by atoms with van der Waals surface area (Å²) in [6.45, 7) is 4.15. The number of rotatable bonds is 5. The van der Waals surface area contributed by atoms with Crippen molar-refractivity contribution in [1.82, 2.24) is 21.0 Å². The molecule has 2 saturated heterocycles. The molecule has 0 radical (unpaired) electrons. The van der Waals surface area contributed by atoms with Gasteiger partial charge in [0.05, 0.1) is 13.2 Å². The summed E-state index contributed by atoms with van der Waals surface area (Å²) < 4.78 is 5.30.